The van der Waals surface area contributed by atoms with Crippen LogP contribution < -0.4 is 5.32 Å². The molecule has 0 spiro atoms. The van der Waals surface area contributed by atoms with E-state index in [-0.39, 0.29) is 17.9 Å². The zero-order valence-electron chi connectivity index (χ0n) is 12.1. The molecule has 0 aromatic heterocycles. The van der Waals surface area contributed by atoms with Crippen LogP contribution in [0, 0.1) is 5.92 Å². The number of rotatable bonds is 6. The van der Waals surface area contributed by atoms with Crippen molar-refractivity contribution in [2.75, 3.05) is 53.4 Å². The Labute approximate surface area is 110 Å². The fourth-order valence-electron chi connectivity index (χ4n) is 2.17. The van der Waals surface area contributed by atoms with Gasteiger partial charge in [0.1, 0.15) is 6.04 Å². The van der Waals surface area contributed by atoms with Gasteiger partial charge in [-0.15, -0.1) is 0 Å². The van der Waals surface area contributed by atoms with Gasteiger partial charge in [-0.25, -0.2) is 0 Å². The van der Waals surface area contributed by atoms with Crippen molar-refractivity contribution >= 4 is 5.97 Å². The Morgan fingerprint density at radius 3 is 2.39 bits per heavy atom. The Hall–Kier alpha value is -0.650. The summed E-state index contributed by atoms with van der Waals surface area (Å²) in [5.74, 6) is 0.0910. The summed E-state index contributed by atoms with van der Waals surface area (Å²) in [4.78, 5) is 16.3. The number of methoxy groups -OCH3 is 1. The molecule has 1 heterocycles. The molecular formula is C13H27N3O2. The summed E-state index contributed by atoms with van der Waals surface area (Å²) in [5, 5.41) is 3.30. The van der Waals surface area contributed by atoms with Gasteiger partial charge in [0.25, 0.3) is 0 Å². The molecule has 1 atom stereocenters. The van der Waals surface area contributed by atoms with E-state index in [1.165, 1.54) is 7.11 Å². The Balaban J connectivity index is 2.24. The van der Waals surface area contributed by atoms with Gasteiger partial charge in [0.15, 0.2) is 0 Å². The van der Waals surface area contributed by atoms with Crippen molar-refractivity contribution in [2.24, 2.45) is 5.92 Å². The second-order valence-electron chi connectivity index (χ2n) is 5.34. The van der Waals surface area contributed by atoms with Crippen molar-refractivity contribution in [3.63, 3.8) is 0 Å². The van der Waals surface area contributed by atoms with Crippen LogP contribution in [0.2, 0.25) is 0 Å². The van der Waals surface area contributed by atoms with E-state index in [9.17, 15) is 4.79 Å². The maximum atomic E-state index is 11.6. The maximum Gasteiger partial charge on any atom is 0.323 e. The Bertz CT molecular complexity index is 251. The summed E-state index contributed by atoms with van der Waals surface area (Å²) >= 11 is 0. The molecule has 1 aliphatic rings. The van der Waals surface area contributed by atoms with E-state index in [1.54, 1.807) is 0 Å². The lowest BCUT2D eigenvalue weighted by molar-refractivity contribution is -0.144. The molecule has 1 saturated heterocycles. The first-order valence-electron chi connectivity index (χ1n) is 6.76. The topological polar surface area (TPSA) is 44.8 Å². The molecule has 0 saturated carbocycles. The highest BCUT2D eigenvalue weighted by molar-refractivity contribution is 5.75. The van der Waals surface area contributed by atoms with Gasteiger partial charge >= 0.3 is 5.97 Å². The van der Waals surface area contributed by atoms with Gasteiger partial charge in [-0.05, 0) is 13.0 Å². The van der Waals surface area contributed by atoms with E-state index in [0.717, 1.165) is 39.3 Å². The first kappa shape index (κ1) is 15.4. The molecule has 0 aliphatic carbocycles. The molecule has 5 heteroatoms. The van der Waals surface area contributed by atoms with Crippen molar-refractivity contribution in [3.05, 3.63) is 0 Å². The lowest BCUT2D eigenvalue weighted by Gasteiger charge is -2.32. The smallest absolute Gasteiger partial charge is 0.323 e. The number of likely N-dealkylation sites (N-methyl/N-ethyl adjacent to an activating group) is 1. The van der Waals surface area contributed by atoms with Crippen molar-refractivity contribution in [2.45, 2.75) is 19.9 Å². The number of piperazine rings is 1. The van der Waals surface area contributed by atoms with Crippen molar-refractivity contribution in [3.8, 4) is 0 Å². The minimum absolute atomic E-state index is 0.164. The molecule has 1 fully saturated rings. The Morgan fingerprint density at radius 1 is 1.28 bits per heavy atom. The lowest BCUT2D eigenvalue weighted by Crippen LogP contribution is -2.49. The average molecular weight is 257 g/mol. The molecule has 5 nitrogen and oxygen atoms in total. The van der Waals surface area contributed by atoms with Gasteiger partial charge in [0.05, 0.1) is 7.11 Å². The summed E-state index contributed by atoms with van der Waals surface area (Å²) < 4.78 is 4.81. The highest BCUT2D eigenvalue weighted by Crippen LogP contribution is 2.03. The van der Waals surface area contributed by atoms with Crippen LogP contribution in [-0.4, -0.2) is 75.2 Å². The number of nitrogens with one attached hydrogen (secondary N) is 1. The fourth-order valence-corrected chi connectivity index (χ4v) is 2.17. The zero-order valence-corrected chi connectivity index (χ0v) is 12.1. The van der Waals surface area contributed by atoms with E-state index in [2.05, 4.69) is 22.2 Å². The standard InChI is InChI=1S/C13H27N3O2/c1-11(2)12(13(17)18-4)14-5-6-16-9-7-15(3)8-10-16/h11-12,14H,5-10H2,1-4H3. The molecule has 106 valence electrons. The molecule has 0 amide bonds. The molecule has 0 bridgehead atoms. The van der Waals surface area contributed by atoms with Crippen LogP contribution in [0.25, 0.3) is 0 Å². The van der Waals surface area contributed by atoms with Crippen LogP contribution >= 0.6 is 0 Å². The number of ether oxygens (including phenoxy) is 1. The van der Waals surface area contributed by atoms with E-state index < -0.39 is 0 Å². The highest BCUT2D eigenvalue weighted by atomic mass is 16.5. The van der Waals surface area contributed by atoms with Crippen LogP contribution in [0.4, 0.5) is 0 Å². The molecular weight excluding hydrogens is 230 g/mol. The van der Waals surface area contributed by atoms with Crippen molar-refractivity contribution in [1.82, 2.24) is 15.1 Å². The van der Waals surface area contributed by atoms with Gasteiger partial charge in [-0.1, -0.05) is 13.8 Å². The molecule has 18 heavy (non-hydrogen) atoms. The van der Waals surface area contributed by atoms with Gasteiger partial charge in [0, 0.05) is 39.3 Å². The van der Waals surface area contributed by atoms with E-state index in [1.807, 2.05) is 13.8 Å². The third-order valence-corrected chi connectivity index (χ3v) is 3.51. The minimum Gasteiger partial charge on any atom is -0.468 e. The van der Waals surface area contributed by atoms with Gasteiger partial charge in [-0.2, -0.15) is 0 Å². The van der Waals surface area contributed by atoms with Crippen LogP contribution in [0.5, 0.6) is 0 Å². The minimum atomic E-state index is -0.192. The van der Waals surface area contributed by atoms with Gasteiger partial charge < -0.3 is 15.0 Å². The fraction of sp³-hybridized carbons (Fsp3) is 0.923. The summed E-state index contributed by atoms with van der Waals surface area (Å²) in [5.41, 5.74) is 0. The van der Waals surface area contributed by atoms with Crippen LogP contribution in [0.3, 0.4) is 0 Å². The van der Waals surface area contributed by atoms with Crippen molar-refractivity contribution < 1.29 is 9.53 Å². The Morgan fingerprint density at radius 2 is 1.89 bits per heavy atom. The largest absolute Gasteiger partial charge is 0.468 e. The predicted octanol–water partition coefficient (Wildman–Crippen LogP) is 0.0210. The van der Waals surface area contributed by atoms with E-state index in [4.69, 9.17) is 4.74 Å². The van der Waals surface area contributed by atoms with Crippen LogP contribution in [0.15, 0.2) is 0 Å². The number of hydrogen-bond donors (Lipinski definition) is 1. The predicted molar refractivity (Wildman–Crippen MR) is 72.6 cm³/mol. The molecule has 1 unspecified atom stereocenters. The SMILES string of the molecule is COC(=O)C(NCCN1CCN(C)CC1)C(C)C. The first-order chi connectivity index (χ1) is 8.54. The van der Waals surface area contributed by atoms with E-state index in [0.29, 0.717) is 0 Å². The number of esters is 1. The van der Waals surface area contributed by atoms with Gasteiger partial charge in [-0.3, -0.25) is 9.69 Å². The quantitative estimate of drug-likeness (QED) is 0.680. The summed E-state index contributed by atoms with van der Waals surface area (Å²) in [7, 11) is 3.60. The number of carbonyl (C=O) groups excluding carboxylic acids is 1. The normalized spacial score (nSPS) is 20.1. The monoisotopic (exact) mass is 257 g/mol. The molecule has 0 radical (unpaired) electrons. The highest BCUT2D eigenvalue weighted by Gasteiger charge is 2.22. The number of carbonyl (C=O) groups is 1. The molecule has 0 aromatic rings. The molecule has 1 N–H and O–H groups in total. The zero-order chi connectivity index (χ0) is 13.5. The summed E-state index contributed by atoms with van der Waals surface area (Å²) in [6, 6.07) is -0.192. The lowest BCUT2D eigenvalue weighted by atomic mass is 10.0. The summed E-state index contributed by atoms with van der Waals surface area (Å²) in [6.45, 7) is 10.4. The van der Waals surface area contributed by atoms with Crippen LogP contribution in [-0.2, 0) is 9.53 Å². The number of hydrogen-bond acceptors (Lipinski definition) is 5. The molecule has 0 aromatic carbocycles. The van der Waals surface area contributed by atoms with Gasteiger partial charge in [0.2, 0.25) is 0 Å². The van der Waals surface area contributed by atoms with Crippen molar-refractivity contribution in [1.29, 1.82) is 0 Å². The second-order valence-corrected chi connectivity index (χ2v) is 5.34. The second kappa shape index (κ2) is 7.71. The maximum absolute atomic E-state index is 11.6. The third kappa shape index (κ3) is 4.92. The first-order valence-corrected chi connectivity index (χ1v) is 6.76. The summed E-state index contributed by atoms with van der Waals surface area (Å²) in [6.07, 6.45) is 0. The molecule has 1 rings (SSSR count). The Kier molecular flexibility index (Phi) is 6.60. The van der Waals surface area contributed by atoms with Crippen LogP contribution in [0.1, 0.15) is 13.8 Å². The number of nitrogens with zero attached hydrogens (tertiary/aromatic N) is 2. The average Bonchev–Trinajstić information content (AvgIpc) is 2.35. The van der Waals surface area contributed by atoms with E-state index >= 15 is 0 Å². The third-order valence-electron chi connectivity index (χ3n) is 3.51. The molecule has 1 aliphatic heterocycles.